The number of nitrogens with zero attached hydrogens (tertiary/aromatic N) is 2. The molecule has 0 aliphatic heterocycles. The molecule has 0 radical (unpaired) electrons. The summed E-state index contributed by atoms with van der Waals surface area (Å²) in [7, 11) is 0. The van der Waals surface area contributed by atoms with E-state index in [1.54, 1.807) is 10.6 Å². The molecule has 0 unspecified atom stereocenters. The molecule has 2 heterocycles. The highest BCUT2D eigenvalue weighted by molar-refractivity contribution is 9.10. The third-order valence-corrected chi connectivity index (χ3v) is 4.62. The summed E-state index contributed by atoms with van der Waals surface area (Å²) in [4.78, 5) is 15.6. The zero-order chi connectivity index (χ0) is 15.5. The van der Waals surface area contributed by atoms with E-state index in [0.29, 0.717) is 12.3 Å². The van der Waals surface area contributed by atoms with Crippen molar-refractivity contribution in [2.45, 2.75) is 6.92 Å². The minimum atomic E-state index is 0.589. The summed E-state index contributed by atoms with van der Waals surface area (Å²) in [6, 6.07) is 9.43. The maximum Gasteiger partial charge on any atom is 0.194 e. The van der Waals surface area contributed by atoms with Gasteiger partial charge in [-0.1, -0.05) is 0 Å². The first-order valence-electron chi connectivity index (χ1n) is 6.74. The summed E-state index contributed by atoms with van der Waals surface area (Å²) < 4.78 is 8.19. The van der Waals surface area contributed by atoms with Crippen molar-refractivity contribution in [2.24, 2.45) is 0 Å². The van der Waals surface area contributed by atoms with Crippen molar-refractivity contribution in [1.29, 1.82) is 0 Å². The van der Waals surface area contributed by atoms with Gasteiger partial charge in [0.25, 0.3) is 0 Å². The van der Waals surface area contributed by atoms with Crippen LogP contribution in [0.25, 0.3) is 16.4 Å². The number of halogens is 1. The molecule has 0 spiro atoms. The van der Waals surface area contributed by atoms with E-state index >= 15 is 0 Å². The van der Waals surface area contributed by atoms with Gasteiger partial charge in [-0.15, -0.1) is 11.3 Å². The van der Waals surface area contributed by atoms with Crippen LogP contribution in [0.15, 0.2) is 46.4 Å². The topological polar surface area (TPSA) is 44.1 Å². The van der Waals surface area contributed by atoms with Crippen molar-refractivity contribution >= 4 is 33.6 Å². The smallest absolute Gasteiger partial charge is 0.194 e. The van der Waals surface area contributed by atoms with Crippen LogP contribution >= 0.6 is 27.3 Å². The summed E-state index contributed by atoms with van der Waals surface area (Å²) in [6.45, 7) is 2.59. The molecule has 4 nitrogen and oxygen atoms in total. The van der Waals surface area contributed by atoms with E-state index in [9.17, 15) is 4.79 Å². The lowest BCUT2D eigenvalue weighted by molar-refractivity contribution is 0.111. The number of hydrogen-bond acceptors (Lipinski definition) is 4. The molecule has 0 aliphatic carbocycles. The Hall–Kier alpha value is -1.92. The maximum atomic E-state index is 11.0. The molecule has 0 bridgehead atoms. The highest BCUT2D eigenvalue weighted by Gasteiger charge is 2.11. The fourth-order valence-electron chi connectivity index (χ4n) is 2.12. The number of rotatable bonds is 5. The fourth-order valence-corrected chi connectivity index (χ4v) is 3.51. The van der Waals surface area contributed by atoms with E-state index in [-0.39, 0.29) is 0 Å². The van der Waals surface area contributed by atoms with E-state index in [2.05, 4.69) is 20.9 Å². The van der Waals surface area contributed by atoms with Gasteiger partial charge in [0, 0.05) is 21.6 Å². The molecule has 0 N–H and O–H groups in total. The Bertz CT molecular complexity index is 810. The molecule has 3 rings (SSSR count). The van der Waals surface area contributed by atoms with Crippen LogP contribution in [0.2, 0.25) is 0 Å². The molecule has 0 fully saturated rings. The molecule has 112 valence electrons. The first-order valence-corrected chi connectivity index (χ1v) is 8.41. The highest BCUT2D eigenvalue weighted by Crippen LogP contribution is 2.33. The molecule has 2 aromatic heterocycles. The number of aldehydes is 1. The summed E-state index contributed by atoms with van der Waals surface area (Å²) in [5.41, 5.74) is 2.44. The molecule has 3 aromatic rings. The number of ether oxygens (including phenoxy) is 1. The van der Waals surface area contributed by atoms with Crippen molar-refractivity contribution in [3.05, 3.63) is 52.1 Å². The Labute approximate surface area is 140 Å². The van der Waals surface area contributed by atoms with E-state index in [0.717, 1.165) is 32.9 Å². The number of carbonyl (C=O) groups excluding carboxylic acids is 1. The van der Waals surface area contributed by atoms with Crippen LogP contribution in [0.5, 0.6) is 5.75 Å². The Kier molecular flexibility index (Phi) is 4.40. The van der Waals surface area contributed by atoms with Crippen LogP contribution in [-0.2, 0) is 0 Å². The molecular formula is C16H13BrN2O2S. The van der Waals surface area contributed by atoms with Crippen LogP contribution in [0.4, 0.5) is 0 Å². The standard InChI is InChI=1S/C16H13BrN2O2S/c1-2-21-12-5-6-13(14(17)8-12)15-10-22-16(18-15)19-7-3-4-11(19)9-20/h3-10H,2H2,1H3. The molecule has 0 saturated heterocycles. The molecule has 1 aromatic carbocycles. The molecule has 0 amide bonds. The summed E-state index contributed by atoms with van der Waals surface area (Å²) in [5, 5.41) is 2.74. The number of carbonyl (C=O) groups is 1. The SMILES string of the molecule is CCOc1ccc(-c2csc(-n3cccc3C=O)n2)c(Br)c1. The maximum absolute atomic E-state index is 11.0. The Balaban J connectivity index is 1.96. The second-order valence-electron chi connectivity index (χ2n) is 4.51. The van der Waals surface area contributed by atoms with Gasteiger partial charge in [-0.2, -0.15) is 0 Å². The van der Waals surface area contributed by atoms with Gasteiger partial charge in [0.15, 0.2) is 11.4 Å². The number of thiazole rings is 1. The zero-order valence-corrected chi connectivity index (χ0v) is 14.2. The van der Waals surface area contributed by atoms with Crippen LogP contribution in [0.3, 0.4) is 0 Å². The molecule has 6 heteroatoms. The predicted molar refractivity (Wildman–Crippen MR) is 91.1 cm³/mol. The lowest BCUT2D eigenvalue weighted by Gasteiger charge is -2.06. The van der Waals surface area contributed by atoms with E-state index < -0.39 is 0 Å². The second kappa shape index (κ2) is 6.46. The molecule has 0 saturated carbocycles. The molecular weight excluding hydrogens is 364 g/mol. The lowest BCUT2D eigenvalue weighted by Crippen LogP contribution is -1.96. The van der Waals surface area contributed by atoms with Gasteiger partial charge in [0.1, 0.15) is 5.75 Å². The van der Waals surface area contributed by atoms with Crippen molar-refractivity contribution < 1.29 is 9.53 Å². The fraction of sp³-hybridized carbons (Fsp3) is 0.125. The van der Waals surface area contributed by atoms with Gasteiger partial charge >= 0.3 is 0 Å². The third kappa shape index (κ3) is 2.84. The summed E-state index contributed by atoms with van der Waals surface area (Å²) in [6.07, 6.45) is 2.66. The van der Waals surface area contributed by atoms with Gasteiger partial charge in [0.05, 0.1) is 18.0 Å². The normalized spacial score (nSPS) is 10.6. The largest absolute Gasteiger partial charge is 0.494 e. The molecule has 0 atom stereocenters. The van der Waals surface area contributed by atoms with Gasteiger partial charge < -0.3 is 4.74 Å². The lowest BCUT2D eigenvalue weighted by atomic mass is 10.2. The van der Waals surface area contributed by atoms with Crippen LogP contribution < -0.4 is 4.74 Å². The van der Waals surface area contributed by atoms with E-state index in [4.69, 9.17) is 4.74 Å². The van der Waals surface area contributed by atoms with Crippen molar-refractivity contribution in [3.8, 4) is 22.1 Å². The van der Waals surface area contributed by atoms with Gasteiger partial charge in [-0.25, -0.2) is 4.98 Å². The van der Waals surface area contributed by atoms with Crippen LogP contribution in [0, 0.1) is 0 Å². The van der Waals surface area contributed by atoms with Crippen molar-refractivity contribution in [2.75, 3.05) is 6.61 Å². The van der Waals surface area contributed by atoms with Gasteiger partial charge in [-0.05, 0) is 53.2 Å². The first kappa shape index (κ1) is 15.0. The highest BCUT2D eigenvalue weighted by atomic mass is 79.9. The third-order valence-electron chi connectivity index (χ3n) is 3.13. The average Bonchev–Trinajstić information content (AvgIpc) is 3.16. The molecule has 22 heavy (non-hydrogen) atoms. The number of benzene rings is 1. The molecule has 0 aliphatic rings. The number of hydrogen-bond donors (Lipinski definition) is 0. The first-order chi connectivity index (χ1) is 10.7. The minimum Gasteiger partial charge on any atom is -0.494 e. The average molecular weight is 377 g/mol. The van der Waals surface area contributed by atoms with Crippen LogP contribution in [0.1, 0.15) is 17.4 Å². The zero-order valence-electron chi connectivity index (χ0n) is 11.8. The van der Waals surface area contributed by atoms with Gasteiger partial charge in [0.2, 0.25) is 0 Å². The van der Waals surface area contributed by atoms with Gasteiger partial charge in [-0.3, -0.25) is 9.36 Å². The number of aromatic nitrogens is 2. The van der Waals surface area contributed by atoms with Crippen molar-refractivity contribution in [1.82, 2.24) is 9.55 Å². The predicted octanol–water partition coefficient (Wildman–Crippen LogP) is 4.57. The monoisotopic (exact) mass is 376 g/mol. The Morgan fingerprint density at radius 3 is 3.00 bits per heavy atom. The Morgan fingerprint density at radius 2 is 2.27 bits per heavy atom. The minimum absolute atomic E-state index is 0.589. The van der Waals surface area contributed by atoms with Crippen LogP contribution in [-0.4, -0.2) is 22.4 Å². The van der Waals surface area contributed by atoms with E-state index in [1.807, 2.05) is 42.8 Å². The Morgan fingerprint density at radius 1 is 1.41 bits per heavy atom. The summed E-state index contributed by atoms with van der Waals surface area (Å²) in [5.74, 6) is 0.822. The quantitative estimate of drug-likeness (QED) is 0.612. The van der Waals surface area contributed by atoms with Crippen molar-refractivity contribution in [3.63, 3.8) is 0 Å². The van der Waals surface area contributed by atoms with E-state index in [1.165, 1.54) is 11.3 Å². The second-order valence-corrected chi connectivity index (χ2v) is 6.20. The summed E-state index contributed by atoms with van der Waals surface area (Å²) >= 11 is 5.06.